The van der Waals surface area contributed by atoms with E-state index in [0.29, 0.717) is 19.3 Å². The first kappa shape index (κ1) is 29.6. The molecule has 0 spiro atoms. The molecule has 2 aliphatic rings. The lowest BCUT2D eigenvalue weighted by Gasteiger charge is -2.32. The number of allylic oxidation sites excluding steroid dienone is 4. The van der Waals surface area contributed by atoms with Crippen molar-refractivity contribution in [1.82, 2.24) is 0 Å². The maximum absolute atomic E-state index is 13.4. The van der Waals surface area contributed by atoms with Crippen LogP contribution in [-0.2, 0) is 32.0 Å². The summed E-state index contributed by atoms with van der Waals surface area (Å²) in [5.74, 6) is -0.634. The average molecular weight is 519 g/mol. The van der Waals surface area contributed by atoms with Crippen molar-refractivity contribution in [3.05, 3.63) is 58.7 Å². The van der Waals surface area contributed by atoms with Crippen LogP contribution in [0.5, 0.6) is 0 Å². The minimum atomic E-state index is -0.695. The Hall–Kier alpha value is -2.95. The minimum absolute atomic E-state index is 0.00824. The summed E-state index contributed by atoms with van der Waals surface area (Å²) in [6.45, 7) is 7.52. The van der Waals surface area contributed by atoms with Crippen LogP contribution in [0.15, 0.2) is 36.4 Å². The molecule has 3 unspecified atom stereocenters. The fourth-order valence-corrected chi connectivity index (χ4v) is 6.42. The molecule has 0 fully saturated rings. The Morgan fingerprint density at radius 3 is 2.21 bits per heavy atom. The van der Waals surface area contributed by atoms with Crippen LogP contribution in [0.1, 0.15) is 99.2 Å². The molecular weight excluding hydrogens is 476 g/mol. The first-order valence-electron chi connectivity index (χ1n) is 14.2. The highest BCUT2D eigenvalue weighted by Crippen LogP contribution is 2.37. The quantitative estimate of drug-likeness (QED) is 0.320. The highest BCUT2D eigenvalue weighted by molar-refractivity contribution is 6.04. The molecule has 2 aliphatic carbocycles. The standard InChI is InChI=1S/C33H42O5/c1-5-11-25(27(6-2)31(37)16-21(3)34)17-23-18-26-15-14-24(22(4)33(26)32(38)19-23)20-28-29(35)12-9-7-8-10-13-30(28)36/h7-10,14-15,23,25,27-28H,5-6,11-13,16-20H2,1-4H3/b9-7-,10-8-. The van der Waals surface area contributed by atoms with Crippen LogP contribution < -0.4 is 0 Å². The number of rotatable bonds is 11. The molecule has 1 aromatic carbocycles. The number of hydrogen-bond donors (Lipinski definition) is 0. The van der Waals surface area contributed by atoms with E-state index in [2.05, 4.69) is 6.92 Å². The molecule has 1 aromatic rings. The molecule has 0 aromatic heterocycles. The predicted octanol–water partition coefficient (Wildman–Crippen LogP) is 6.32. The number of ketones is 5. The molecule has 0 saturated carbocycles. The first-order chi connectivity index (χ1) is 18.2. The van der Waals surface area contributed by atoms with Crippen molar-refractivity contribution in [3.63, 3.8) is 0 Å². The summed E-state index contributed by atoms with van der Waals surface area (Å²) in [5.41, 5.74) is 3.53. The fraction of sp³-hybridized carbons (Fsp3) is 0.545. The second-order valence-electron chi connectivity index (χ2n) is 11.2. The van der Waals surface area contributed by atoms with Crippen molar-refractivity contribution in [2.45, 2.75) is 91.9 Å². The Morgan fingerprint density at radius 1 is 0.974 bits per heavy atom. The number of hydrogen-bond acceptors (Lipinski definition) is 5. The van der Waals surface area contributed by atoms with Gasteiger partial charge in [-0.15, -0.1) is 0 Å². The zero-order chi connectivity index (χ0) is 27.8. The van der Waals surface area contributed by atoms with Crippen molar-refractivity contribution in [3.8, 4) is 0 Å². The van der Waals surface area contributed by atoms with E-state index in [0.717, 1.165) is 47.9 Å². The highest BCUT2D eigenvalue weighted by atomic mass is 16.2. The molecule has 5 heteroatoms. The average Bonchev–Trinajstić information content (AvgIpc) is 2.92. The molecule has 0 radical (unpaired) electrons. The number of fused-ring (bicyclic) bond motifs is 1. The lowest BCUT2D eigenvalue weighted by atomic mass is 9.71. The molecular formula is C33H42O5. The molecule has 0 amide bonds. The molecule has 0 heterocycles. The van der Waals surface area contributed by atoms with Gasteiger partial charge in [0, 0.05) is 30.7 Å². The van der Waals surface area contributed by atoms with E-state index in [9.17, 15) is 24.0 Å². The van der Waals surface area contributed by atoms with Gasteiger partial charge >= 0.3 is 0 Å². The second kappa shape index (κ2) is 13.7. The van der Waals surface area contributed by atoms with Gasteiger partial charge in [-0.25, -0.2) is 0 Å². The van der Waals surface area contributed by atoms with Crippen LogP contribution in [0, 0.1) is 30.6 Å². The fourth-order valence-electron chi connectivity index (χ4n) is 6.42. The third kappa shape index (κ3) is 7.33. The number of carbonyl (C=O) groups excluding carboxylic acids is 5. The van der Waals surface area contributed by atoms with E-state index in [4.69, 9.17) is 0 Å². The van der Waals surface area contributed by atoms with Gasteiger partial charge in [-0.1, -0.05) is 63.1 Å². The van der Waals surface area contributed by atoms with Gasteiger partial charge in [0.05, 0.1) is 12.3 Å². The third-order valence-electron chi connectivity index (χ3n) is 8.29. The summed E-state index contributed by atoms with van der Waals surface area (Å²) in [7, 11) is 0. The summed E-state index contributed by atoms with van der Waals surface area (Å²) in [6, 6.07) is 3.98. The van der Waals surface area contributed by atoms with E-state index < -0.39 is 5.92 Å². The van der Waals surface area contributed by atoms with Gasteiger partial charge in [-0.3, -0.25) is 24.0 Å². The third-order valence-corrected chi connectivity index (χ3v) is 8.29. The maximum Gasteiger partial charge on any atom is 0.163 e. The normalized spacial score (nSPS) is 21.6. The van der Waals surface area contributed by atoms with Crippen molar-refractivity contribution in [2.24, 2.45) is 23.7 Å². The van der Waals surface area contributed by atoms with Crippen molar-refractivity contribution >= 4 is 28.9 Å². The van der Waals surface area contributed by atoms with E-state index in [1.54, 1.807) is 24.3 Å². The van der Waals surface area contributed by atoms with Crippen LogP contribution in [0.25, 0.3) is 0 Å². The van der Waals surface area contributed by atoms with Gasteiger partial charge in [0.25, 0.3) is 0 Å². The van der Waals surface area contributed by atoms with E-state index in [1.807, 2.05) is 26.0 Å². The summed E-state index contributed by atoms with van der Waals surface area (Å²) in [4.78, 5) is 63.4. The first-order valence-corrected chi connectivity index (χ1v) is 14.2. The summed E-state index contributed by atoms with van der Waals surface area (Å²) < 4.78 is 0. The van der Waals surface area contributed by atoms with Crippen LogP contribution in [-0.4, -0.2) is 28.9 Å². The molecule has 5 nitrogen and oxygen atoms in total. The van der Waals surface area contributed by atoms with Crippen LogP contribution >= 0.6 is 0 Å². The van der Waals surface area contributed by atoms with Crippen molar-refractivity contribution < 1.29 is 24.0 Å². The predicted molar refractivity (Wildman–Crippen MR) is 149 cm³/mol. The lowest BCUT2D eigenvalue weighted by molar-refractivity contribution is -0.132. The van der Waals surface area contributed by atoms with E-state index in [-0.39, 0.29) is 65.9 Å². The lowest BCUT2D eigenvalue weighted by Crippen LogP contribution is -2.30. The van der Waals surface area contributed by atoms with Crippen molar-refractivity contribution in [1.29, 1.82) is 0 Å². The van der Waals surface area contributed by atoms with Gasteiger partial charge in [0.1, 0.15) is 23.1 Å². The number of carbonyl (C=O) groups is 5. The molecule has 204 valence electrons. The smallest absolute Gasteiger partial charge is 0.163 e. The minimum Gasteiger partial charge on any atom is -0.300 e. The molecule has 38 heavy (non-hydrogen) atoms. The monoisotopic (exact) mass is 518 g/mol. The van der Waals surface area contributed by atoms with Crippen LogP contribution in [0.4, 0.5) is 0 Å². The SMILES string of the molecule is CCCC(CC1CC(=O)c2c(ccc(CC3C(=O)C/C=C\C=C/CC3=O)c2C)C1)C(CC)C(=O)CC(C)=O. The number of benzene rings is 1. The largest absolute Gasteiger partial charge is 0.300 e. The number of Topliss-reactive ketones (excluding diaryl/α,β-unsaturated/α-hetero) is 5. The zero-order valence-electron chi connectivity index (χ0n) is 23.4. The Labute approximate surface area is 227 Å². The van der Waals surface area contributed by atoms with E-state index >= 15 is 0 Å². The summed E-state index contributed by atoms with van der Waals surface area (Å²) in [5, 5.41) is 0. The van der Waals surface area contributed by atoms with Gasteiger partial charge < -0.3 is 0 Å². The Kier molecular flexibility index (Phi) is 10.7. The molecule has 0 aliphatic heterocycles. The summed E-state index contributed by atoms with van der Waals surface area (Å²) in [6.07, 6.45) is 12.6. The van der Waals surface area contributed by atoms with Gasteiger partial charge in [0.15, 0.2) is 5.78 Å². The zero-order valence-corrected chi connectivity index (χ0v) is 23.4. The molecule has 0 saturated heterocycles. The molecule has 0 N–H and O–H groups in total. The van der Waals surface area contributed by atoms with Gasteiger partial charge in [0.2, 0.25) is 0 Å². The van der Waals surface area contributed by atoms with Gasteiger partial charge in [-0.05, 0) is 68.1 Å². The van der Waals surface area contributed by atoms with Gasteiger partial charge in [-0.2, -0.15) is 0 Å². The molecule has 0 bridgehead atoms. The highest BCUT2D eigenvalue weighted by Gasteiger charge is 2.34. The van der Waals surface area contributed by atoms with Crippen LogP contribution in [0.2, 0.25) is 0 Å². The summed E-state index contributed by atoms with van der Waals surface area (Å²) >= 11 is 0. The maximum atomic E-state index is 13.4. The van der Waals surface area contributed by atoms with Crippen LogP contribution in [0.3, 0.4) is 0 Å². The Morgan fingerprint density at radius 2 is 1.63 bits per heavy atom. The van der Waals surface area contributed by atoms with Crippen molar-refractivity contribution in [2.75, 3.05) is 0 Å². The Balaban J connectivity index is 1.79. The molecule has 3 rings (SSSR count). The molecule has 3 atom stereocenters. The second-order valence-corrected chi connectivity index (χ2v) is 11.2. The Bertz CT molecular complexity index is 1110. The van der Waals surface area contributed by atoms with E-state index in [1.165, 1.54) is 6.92 Å². The topological polar surface area (TPSA) is 85.3 Å².